The van der Waals surface area contributed by atoms with Crippen LogP contribution in [-0.4, -0.2) is 33.8 Å². The molecule has 0 atom stereocenters. The minimum absolute atomic E-state index is 0.0143. The zero-order chi connectivity index (χ0) is 15.5. The van der Waals surface area contributed by atoms with Crippen molar-refractivity contribution in [3.63, 3.8) is 0 Å². The molecule has 0 aliphatic carbocycles. The molecule has 3 rings (SSSR count). The molecular weight excluding hydrogens is 276 g/mol. The van der Waals surface area contributed by atoms with E-state index in [1.165, 1.54) is 11.1 Å². The third-order valence-corrected chi connectivity index (χ3v) is 4.27. The summed E-state index contributed by atoms with van der Waals surface area (Å²) >= 11 is 0. The van der Waals surface area contributed by atoms with Gasteiger partial charge in [-0.25, -0.2) is 4.79 Å². The van der Waals surface area contributed by atoms with Gasteiger partial charge in [-0.15, -0.1) is 0 Å². The van der Waals surface area contributed by atoms with Crippen molar-refractivity contribution in [3.05, 3.63) is 52.8 Å². The van der Waals surface area contributed by atoms with E-state index in [4.69, 9.17) is 0 Å². The fraction of sp³-hybridized carbons (Fsp3) is 0.412. The number of aromatic nitrogens is 2. The van der Waals surface area contributed by atoms with E-state index in [1.54, 1.807) is 0 Å². The first kappa shape index (κ1) is 14.6. The van der Waals surface area contributed by atoms with E-state index >= 15 is 0 Å². The van der Waals surface area contributed by atoms with Gasteiger partial charge in [-0.05, 0) is 30.9 Å². The number of carbonyl (C=O) groups excluding carboxylic acids is 1. The molecule has 0 saturated heterocycles. The van der Waals surface area contributed by atoms with E-state index in [0.717, 1.165) is 30.8 Å². The van der Waals surface area contributed by atoms with Crippen LogP contribution in [0.5, 0.6) is 0 Å². The SMILES string of the molecule is Cc1nn(C)c2c1CCN(C(=O)NCCc1ccccc1)C2. The molecule has 5 nitrogen and oxygen atoms in total. The number of carbonyl (C=O) groups is 1. The van der Waals surface area contributed by atoms with Gasteiger partial charge in [-0.1, -0.05) is 30.3 Å². The summed E-state index contributed by atoms with van der Waals surface area (Å²) in [6.45, 7) is 4.10. The molecule has 1 aliphatic rings. The molecule has 1 aromatic carbocycles. The number of urea groups is 1. The molecule has 2 amide bonds. The van der Waals surface area contributed by atoms with Gasteiger partial charge in [0.25, 0.3) is 0 Å². The first-order chi connectivity index (χ1) is 10.6. The second-order valence-corrected chi connectivity index (χ2v) is 5.77. The summed E-state index contributed by atoms with van der Waals surface area (Å²) in [5.74, 6) is 0. The Morgan fingerprint density at radius 2 is 2.09 bits per heavy atom. The molecule has 0 spiro atoms. The molecular formula is C17H22N4O. The average molecular weight is 298 g/mol. The fourth-order valence-corrected chi connectivity index (χ4v) is 3.02. The first-order valence-corrected chi connectivity index (χ1v) is 7.73. The molecule has 0 bridgehead atoms. The second kappa shape index (κ2) is 6.22. The lowest BCUT2D eigenvalue weighted by atomic mass is 10.1. The zero-order valence-corrected chi connectivity index (χ0v) is 13.2. The third-order valence-electron chi connectivity index (χ3n) is 4.27. The van der Waals surface area contributed by atoms with Gasteiger partial charge in [0.2, 0.25) is 0 Å². The number of nitrogens with one attached hydrogen (secondary N) is 1. The van der Waals surface area contributed by atoms with Gasteiger partial charge in [0.15, 0.2) is 0 Å². The molecule has 2 aromatic rings. The van der Waals surface area contributed by atoms with Crippen LogP contribution in [0.25, 0.3) is 0 Å². The Labute approximate surface area is 130 Å². The van der Waals surface area contributed by atoms with E-state index < -0.39 is 0 Å². The summed E-state index contributed by atoms with van der Waals surface area (Å²) < 4.78 is 1.90. The van der Waals surface area contributed by atoms with E-state index in [9.17, 15) is 4.79 Å². The molecule has 0 radical (unpaired) electrons. The lowest BCUT2D eigenvalue weighted by Gasteiger charge is -2.27. The Balaban J connectivity index is 1.54. The van der Waals surface area contributed by atoms with Gasteiger partial charge in [0, 0.05) is 20.1 Å². The molecule has 1 aliphatic heterocycles. The number of fused-ring (bicyclic) bond motifs is 1. The summed E-state index contributed by atoms with van der Waals surface area (Å²) in [6.07, 6.45) is 1.75. The van der Waals surface area contributed by atoms with Gasteiger partial charge in [-0.3, -0.25) is 4.68 Å². The van der Waals surface area contributed by atoms with Crippen molar-refractivity contribution in [2.24, 2.45) is 7.05 Å². The molecule has 0 fully saturated rings. The Bertz CT molecular complexity index is 663. The topological polar surface area (TPSA) is 50.2 Å². The smallest absolute Gasteiger partial charge is 0.317 e. The molecule has 22 heavy (non-hydrogen) atoms. The van der Waals surface area contributed by atoms with E-state index in [1.807, 2.05) is 41.8 Å². The highest BCUT2D eigenvalue weighted by Crippen LogP contribution is 2.21. The van der Waals surface area contributed by atoms with Crippen LogP contribution >= 0.6 is 0 Å². The Kier molecular flexibility index (Phi) is 4.13. The third kappa shape index (κ3) is 2.98. The number of hydrogen-bond acceptors (Lipinski definition) is 2. The highest BCUT2D eigenvalue weighted by atomic mass is 16.2. The van der Waals surface area contributed by atoms with Crippen LogP contribution < -0.4 is 5.32 Å². The first-order valence-electron chi connectivity index (χ1n) is 7.73. The largest absolute Gasteiger partial charge is 0.338 e. The normalized spacial score (nSPS) is 13.8. The highest BCUT2D eigenvalue weighted by molar-refractivity contribution is 5.74. The molecule has 0 saturated carbocycles. The van der Waals surface area contributed by atoms with Crippen molar-refractivity contribution in [2.45, 2.75) is 26.3 Å². The standard InChI is InChI=1S/C17H22N4O/c1-13-15-9-11-21(12-16(15)20(2)19-13)17(22)18-10-8-14-6-4-3-5-7-14/h3-7H,8-12H2,1-2H3,(H,18,22). The minimum Gasteiger partial charge on any atom is -0.338 e. The molecule has 1 aromatic heterocycles. The maximum Gasteiger partial charge on any atom is 0.317 e. The summed E-state index contributed by atoms with van der Waals surface area (Å²) in [5.41, 5.74) is 4.78. The van der Waals surface area contributed by atoms with Gasteiger partial charge in [-0.2, -0.15) is 5.10 Å². The van der Waals surface area contributed by atoms with Gasteiger partial charge in [0.1, 0.15) is 0 Å². The molecule has 2 heterocycles. The average Bonchev–Trinajstić information content (AvgIpc) is 2.82. The van der Waals surface area contributed by atoms with E-state index in [0.29, 0.717) is 13.1 Å². The number of amides is 2. The number of nitrogens with zero attached hydrogens (tertiary/aromatic N) is 3. The Morgan fingerprint density at radius 3 is 2.86 bits per heavy atom. The van der Waals surface area contributed by atoms with Crippen LogP contribution in [0.2, 0.25) is 0 Å². The van der Waals surface area contributed by atoms with Gasteiger partial charge < -0.3 is 10.2 Å². The van der Waals surface area contributed by atoms with Crippen LogP contribution in [0.3, 0.4) is 0 Å². The van der Waals surface area contributed by atoms with Crippen LogP contribution in [0.4, 0.5) is 4.79 Å². The maximum atomic E-state index is 12.3. The Hall–Kier alpha value is -2.30. The number of aryl methyl sites for hydroxylation is 2. The number of rotatable bonds is 3. The van der Waals surface area contributed by atoms with Crippen molar-refractivity contribution in [1.82, 2.24) is 20.0 Å². The van der Waals surface area contributed by atoms with Gasteiger partial charge >= 0.3 is 6.03 Å². The summed E-state index contributed by atoms with van der Waals surface area (Å²) in [7, 11) is 1.95. The Morgan fingerprint density at radius 1 is 1.32 bits per heavy atom. The van der Waals surface area contributed by atoms with Gasteiger partial charge in [0.05, 0.1) is 17.9 Å². The maximum absolute atomic E-state index is 12.3. The molecule has 1 N–H and O–H groups in total. The predicted molar refractivity (Wildman–Crippen MR) is 85.6 cm³/mol. The molecule has 116 valence electrons. The lowest BCUT2D eigenvalue weighted by Crippen LogP contribution is -2.43. The highest BCUT2D eigenvalue weighted by Gasteiger charge is 2.24. The van der Waals surface area contributed by atoms with Crippen molar-refractivity contribution < 1.29 is 4.79 Å². The predicted octanol–water partition coefficient (Wildman–Crippen LogP) is 2.04. The fourth-order valence-electron chi connectivity index (χ4n) is 3.02. The molecule has 5 heteroatoms. The van der Waals surface area contributed by atoms with E-state index in [2.05, 4.69) is 22.5 Å². The summed E-state index contributed by atoms with van der Waals surface area (Å²) in [5, 5.41) is 7.46. The van der Waals surface area contributed by atoms with Crippen LogP contribution in [0.1, 0.15) is 22.5 Å². The minimum atomic E-state index is 0.0143. The molecule has 0 unspecified atom stereocenters. The second-order valence-electron chi connectivity index (χ2n) is 5.77. The monoisotopic (exact) mass is 298 g/mol. The van der Waals surface area contributed by atoms with Crippen LogP contribution in [-0.2, 0) is 26.4 Å². The van der Waals surface area contributed by atoms with Crippen molar-refractivity contribution in [1.29, 1.82) is 0 Å². The number of hydrogen-bond donors (Lipinski definition) is 1. The lowest BCUT2D eigenvalue weighted by molar-refractivity contribution is 0.191. The van der Waals surface area contributed by atoms with Crippen LogP contribution in [0.15, 0.2) is 30.3 Å². The van der Waals surface area contributed by atoms with Crippen molar-refractivity contribution in [3.8, 4) is 0 Å². The quantitative estimate of drug-likeness (QED) is 0.942. The zero-order valence-electron chi connectivity index (χ0n) is 13.2. The van der Waals surface area contributed by atoms with E-state index in [-0.39, 0.29) is 6.03 Å². The van der Waals surface area contributed by atoms with Crippen molar-refractivity contribution in [2.75, 3.05) is 13.1 Å². The number of benzene rings is 1. The van der Waals surface area contributed by atoms with Crippen molar-refractivity contribution >= 4 is 6.03 Å². The summed E-state index contributed by atoms with van der Waals surface area (Å²) in [6, 6.07) is 10.2. The summed E-state index contributed by atoms with van der Waals surface area (Å²) in [4.78, 5) is 14.2. The van der Waals surface area contributed by atoms with Crippen LogP contribution in [0, 0.1) is 6.92 Å².